The molecule has 1 heterocycles. The SMILES string of the molecule is CN(C)CC1CC[N-]C1. The van der Waals surface area contributed by atoms with E-state index in [1.54, 1.807) is 0 Å². The molecule has 1 aliphatic heterocycles. The first kappa shape index (κ1) is 7.03. The highest BCUT2D eigenvalue weighted by Crippen LogP contribution is 2.16. The molecule has 0 aromatic heterocycles. The number of hydrogen-bond donors (Lipinski definition) is 0. The van der Waals surface area contributed by atoms with E-state index in [9.17, 15) is 0 Å². The van der Waals surface area contributed by atoms with Crippen LogP contribution in [-0.2, 0) is 0 Å². The van der Waals surface area contributed by atoms with Gasteiger partial charge in [-0.3, -0.25) is 0 Å². The van der Waals surface area contributed by atoms with Crippen molar-refractivity contribution in [2.24, 2.45) is 5.92 Å². The lowest BCUT2D eigenvalue weighted by atomic mass is 10.1. The van der Waals surface area contributed by atoms with Crippen LogP contribution in [0.15, 0.2) is 0 Å². The van der Waals surface area contributed by atoms with Crippen LogP contribution in [-0.4, -0.2) is 38.6 Å². The maximum Gasteiger partial charge on any atom is -0.00135 e. The van der Waals surface area contributed by atoms with Gasteiger partial charge in [0.25, 0.3) is 0 Å². The minimum atomic E-state index is 0.847. The van der Waals surface area contributed by atoms with Crippen molar-refractivity contribution in [3.05, 3.63) is 5.32 Å². The minimum Gasteiger partial charge on any atom is -0.662 e. The van der Waals surface area contributed by atoms with Gasteiger partial charge in [-0.25, -0.2) is 0 Å². The van der Waals surface area contributed by atoms with Crippen LogP contribution in [0.25, 0.3) is 5.32 Å². The summed E-state index contributed by atoms with van der Waals surface area (Å²) in [4.78, 5) is 2.24. The van der Waals surface area contributed by atoms with Gasteiger partial charge >= 0.3 is 0 Å². The van der Waals surface area contributed by atoms with Crippen LogP contribution < -0.4 is 0 Å². The van der Waals surface area contributed by atoms with E-state index in [0.29, 0.717) is 0 Å². The quantitative estimate of drug-likeness (QED) is 0.539. The molecule has 0 aromatic carbocycles. The third-order valence-electron chi connectivity index (χ3n) is 1.71. The molecule has 0 aromatic rings. The van der Waals surface area contributed by atoms with Gasteiger partial charge in [0.15, 0.2) is 0 Å². The molecule has 1 unspecified atom stereocenters. The van der Waals surface area contributed by atoms with Gasteiger partial charge in [0.2, 0.25) is 0 Å². The van der Waals surface area contributed by atoms with Gasteiger partial charge in [0.1, 0.15) is 0 Å². The van der Waals surface area contributed by atoms with E-state index in [0.717, 1.165) is 19.0 Å². The molecule has 1 atom stereocenters. The summed E-state index contributed by atoms with van der Waals surface area (Å²) < 4.78 is 0. The second kappa shape index (κ2) is 3.18. The third kappa shape index (κ3) is 2.33. The molecule has 2 heteroatoms. The van der Waals surface area contributed by atoms with E-state index < -0.39 is 0 Å². The van der Waals surface area contributed by atoms with Gasteiger partial charge < -0.3 is 10.2 Å². The molecular formula is C7H15N2-. The monoisotopic (exact) mass is 127 g/mol. The van der Waals surface area contributed by atoms with Crippen molar-refractivity contribution in [3.63, 3.8) is 0 Å². The lowest BCUT2D eigenvalue weighted by Gasteiger charge is -2.17. The maximum atomic E-state index is 4.29. The first-order chi connectivity index (χ1) is 4.29. The van der Waals surface area contributed by atoms with Crippen LogP contribution in [0, 0.1) is 5.92 Å². The van der Waals surface area contributed by atoms with Crippen molar-refractivity contribution in [1.82, 2.24) is 4.90 Å². The minimum absolute atomic E-state index is 0.847. The number of hydrogen-bond acceptors (Lipinski definition) is 1. The molecule has 9 heavy (non-hydrogen) atoms. The summed E-state index contributed by atoms with van der Waals surface area (Å²) in [7, 11) is 4.25. The van der Waals surface area contributed by atoms with E-state index >= 15 is 0 Å². The molecule has 0 N–H and O–H groups in total. The van der Waals surface area contributed by atoms with Crippen LogP contribution >= 0.6 is 0 Å². The normalized spacial score (nSPS) is 27.7. The Hall–Kier alpha value is -0.0800. The van der Waals surface area contributed by atoms with E-state index in [-0.39, 0.29) is 0 Å². The van der Waals surface area contributed by atoms with Crippen LogP contribution in [0.3, 0.4) is 0 Å². The van der Waals surface area contributed by atoms with Crippen LogP contribution in [0.1, 0.15) is 6.42 Å². The molecule has 2 nitrogen and oxygen atoms in total. The molecule has 1 rings (SSSR count). The van der Waals surface area contributed by atoms with Gasteiger partial charge in [-0.1, -0.05) is 6.42 Å². The largest absolute Gasteiger partial charge is 0.662 e. The first-order valence-corrected chi connectivity index (χ1v) is 3.57. The topological polar surface area (TPSA) is 17.3 Å². The van der Waals surface area contributed by atoms with Crippen molar-refractivity contribution >= 4 is 0 Å². The zero-order valence-corrected chi connectivity index (χ0v) is 6.30. The summed E-state index contributed by atoms with van der Waals surface area (Å²) in [6, 6.07) is 0. The van der Waals surface area contributed by atoms with Gasteiger partial charge in [-0.05, 0) is 26.6 Å². The predicted molar refractivity (Wildman–Crippen MR) is 39.8 cm³/mol. The highest BCUT2D eigenvalue weighted by molar-refractivity contribution is 4.92. The van der Waals surface area contributed by atoms with Crippen molar-refractivity contribution < 1.29 is 0 Å². The second-order valence-corrected chi connectivity index (χ2v) is 3.05. The Labute approximate surface area is 57.2 Å². The van der Waals surface area contributed by atoms with E-state index in [4.69, 9.17) is 0 Å². The molecule has 0 aliphatic carbocycles. The summed E-state index contributed by atoms with van der Waals surface area (Å²) in [5.74, 6) is 0.847. The standard InChI is InChI=1S/C7H15N2/c1-9(2)6-7-3-4-8-5-7/h7H,3-6H2,1-2H3/q-1. The first-order valence-electron chi connectivity index (χ1n) is 3.57. The fraction of sp³-hybridized carbons (Fsp3) is 1.00. The molecule has 0 saturated carbocycles. The Morgan fingerprint density at radius 1 is 1.56 bits per heavy atom. The zero-order valence-electron chi connectivity index (χ0n) is 6.30. The average molecular weight is 127 g/mol. The Bertz CT molecular complexity index is 75.0. The molecule has 54 valence electrons. The highest BCUT2D eigenvalue weighted by Gasteiger charge is 2.06. The van der Waals surface area contributed by atoms with Crippen LogP contribution in [0.2, 0.25) is 0 Å². The maximum absolute atomic E-state index is 4.29. The van der Waals surface area contributed by atoms with E-state index in [2.05, 4.69) is 24.3 Å². The summed E-state index contributed by atoms with van der Waals surface area (Å²) in [5.41, 5.74) is 0. The van der Waals surface area contributed by atoms with Crippen molar-refractivity contribution in [1.29, 1.82) is 0 Å². The highest BCUT2D eigenvalue weighted by atomic mass is 15.1. The van der Waals surface area contributed by atoms with Gasteiger partial charge in [-0.15, -0.1) is 13.1 Å². The Kier molecular flexibility index (Phi) is 2.49. The fourth-order valence-corrected chi connectivity index (χ4v) is 1.30. The number of rotatable bonds is 2. The van der Waals surface area contributed by atoms with Crippen molar-refractivity contribution in [3.8, 4) is 0 Å². The third-order valence-corrected chi connectivity index (χ3v) is 1.71. The van der Waals surface area contributed by atoms with Gasteiger partial charge in [0, 0.05) is 0 Å². The van der Waals surface area contributed by atoms with E-state index in [1.807, 2.05) is 0 Å². The summed E-state index contributed by atoms with van der Waals surface area (Å²) >= 11 is 0. The summed E-state index contributed by atoms with van der Waals surface area (Å²) in [5, 5.41) is 4.29. The van der Waals surface area contributed by atoms with Crippen LogP contribution in [0.5, 0.6) is 0 Å². The average Bonchev–Trinajstić information content (AvgIpc) is 2.15. The number of nitrogens with zero attached hydrogens (tertiary/aromatic N) is 2. The van der Waals surface area contributed by atoms with Crippen molar-refractivity contribution in [2.45, 2.75) is 6.42 Å². The molecule has 0 radical (unpaired) electrons. The molecular weight excluding hydrogens is 112 g/mol. The van der Waals surface area contributed by atoms with Gasteiger partial charge in [-0.2, -0.15) is 0 Å². The Balaban J connectivity index is 2.11. The second-order valence-electron chi connectivity index (χ2n) is 3.05. The van der Waals surface area contributed by atoms with Gasteiger partial charge in [0.05, 0.1) is 0 Å². The molecule has 1 saturated heterocycles. The summed E-state index contributed by atoms with van der Waals surface area (Å²) in [6.07, 6.45) is 1.30. The predicted octanol–water partition coefficient (Wildman–Crippen LogP) is 0.942. The van der Waals surface area contributed by atoms with Crippen molar-refractivity contribution in [2.75, 3.05) is 33.7 Å². The Morgan fingerprint density at radius 3 is 2.78 bits per heavy atom. The smallest absolute Gasteiger partial charge is 0.00135 e. The fourth-order valence-electron chi connectivity index (χ4n) is 1.30. The Morgan fingerprint density at radius 2 is 2.33 bits per heavy atom. The lowest BCUT2D eigenvalue weighted by Crippen LogP contribution is -2.21. The molecule has 0 spiro atoms. The zero-order chi connectivity index (χ0) is 6.69. The lowest BCUT2D eigenvalue weighted by molar-refractivity contribution is 0.342. The molecule has 1 fully saturated rings. The summed E-state index contributed by atoms with van der Waals surface area (Å²) in [6.45, 7) is 3.40. The van der Waals surface area contributed by atoms with Crippen LogP contribution in [0.4, 0.5) is 0 Å². The molecule has 0 bridgehead atoms. The molecule has 1 aliphatic rings. The molecule has 0 amide bonds. The van der Waals surface area contributed by atoms with E-state index in [1.165, 1.54) is 13.0 Å².